The Labute approximate surface area is 78.3 Å². The smallest absolute Gasteiger partial charge is 0.244 e. The number of aromatic nitrogens is 3. The molecule has 0 amide bonds. The number of hydrogen-bond donors (Lipinski definition) is 2. The van der Waals surface area contributed by atoms with Gasteiger partial charge in [-0.2, -0.15) is 4.98 Å². The summed E-state index contributed by atoms with van der Waals surface area (Å²) >= 11 is 0. The Bertz CT molecular complexity index is 265. The normalized spacial score (nSPS) is 13.4. The first-order valence-corrected chi connectivity index (χ1v) is 4.37. The summed E-state index contributed by atoms with van der Waals surface area (Å²) < 4.78 is 0. The summed E-state index contributed by atoms with van der Waals surface area (Å²) in [7, 11) is 3.79. The number of nitrogens with two attached hydrogens (primary N) is 1. The average molecular weight is 183 g/mol. The number of H-pyrrole nitrogens is 1. The van der Waals surface area contributed by atoms with Gasteiger partial charge in [-0.1, -0.05) is 13.8 Å². The second-order valence-corrected chi connectivity index (χ2v) is 3.68. The third kappa shape index (κ3) is 2.18. The van der Waals surface area contributed by atoms with Gasteiger partial charge < -0.3 is 10.6 Å². The predicted molar refractivity (Wildman–Crippen MR) is 52.5 cm³/mol. The van der Waals surface area contributed by atoms with Crippen LogP contribution in [-0.2, 0) is 0 Å². The third-order valence-electron chi connectivity index (χ3n) is 1.92. The number of hydrogen-bond acceptors (Lipinski definition) is 4. The van der Waals surface area contributed by atoms with Crippen molar-refractivity contribution in [1.82, 2.24) is 15.2 Å². The maximum atomic E-state index is 5.90. The van der Waals surface area contributed by atoms with E-state index < -0.39 is 0 Å². The molecule has 0 aliphatic heterocycles. The number of aromatic amines is 1. The molecule has 0 fully saturated rings. The van der Waals surface area contributed by atoms with E-state index in [1.54, 1.807) is 0 Å². The van der Waals surface area contributed by atoms with Gasteiger partial charge in [0.1, 0.15) is 5.82 Å². The van der Waals surface area contributed by atoms with Crippen molar-refractivity contribution in [2.24, 2.45) is 11.7 Å². The molecular formula is C8H17N5. The lowest BCUT2D eigenvalue weighted by molar-refractivity contribution is 0.492. The fourth-order valence-corrected chi connectivity index (χ4v) is 0.930. The first kappa shape index (κ1) is 9.98. The van der Waals surface area contributed by atoms with Crippen molar-refractivity contribution >= 4 is 5.95 Å². The molecule has 5 heteroatoms. The minimum atomic E-state index is -0.0683. The van der Waals surface area contributed by atoms with Crippen molar-refractivity contribution in [3.05, 3.63) is 5.82 Å². The minimum Gasteiger partial charge on any atom is -0.346 e. The molecule has 0 aliphatic carbocycles. The predicted octanol–water partition coefficient (Wildman–Crippen LogP) is 0.526. The van der Waals surface area contributed by atoms with E-state index in [9.17, 15) is 0 Å². The van der Waals surface area contributed by atoms with E-state index in [-0.39, 0.29) is 6.04 Å². The second-order valence-electron chi connectivity index (χ2n) is 3.68. The lowest BCUT2D eigenvalue weighted by Crippen LogP contribution is -2.18. The molecule has 1 aromatic rings. The molecule has 74 valence electrons. The van der Waals surface area contributed by atoms with Gasteiger partial charge in [0.25, 0.3) is 0 Å². The molecule has 0 aromatic carbocycles. The minimum absolute atomic E-state index is 0.0683. The van der Waals surface area contributed by atoms with Crippen molar-refractivity contribution in [3.63, 3.8) is 0 Å². The molecule has 0 bridgehead atoms. The van der Waals surface area contributed by atoms with Crippen molar-refractivity contribution < 1.29 is 0 Å². The highest BCUT2D eigenvalue weighted by Gasteiger charge is 2.15. The number of nitrogens with zero attached hydrogens (tertiary/aromatic N) is 3. The fourth-order valence-electron chi connectivity index (χ4n) is 0.930. The van der Waals surface area contributed by atoms with Gasteiger partial charge in [0, 0.05) is 14.1 Å². The third-order valence-corrected chi connectivity index (χ3v) is 1.92. The molecule has 0 unspecified atom stereocenters. The van der Waals surface area contributed by atoms with Crippen LogP contribution in [0, 0.1) is 5.92 Å². The highest BCUT2D eigenvalue weighted by molar-refractivity contribution is 5.25. The summed E-state index contributed by atoms with van der Waals surface area (Å²) in [6, 6.07) is -0.0683. The molecule has 0 saturated heterocycles. The Kier molecular flexibility index (Phi) is 2.87. The van der Waals surface area contributed by atoms with Crippen LogP contribution in [0.2, 0.25) is 0 Å². The Morgan fingerprint density at radius 1 is 1.38 bits per heavy atom. The highest BCUT2D eigenvalue weighted by Crippen LogP contribution is 2.15. The van der Waals surface area contributed by atoms with Gasteiger partial charge >= 0.3 is 0 Å². The van der Waals surface area contributed by atoms with E-state index in [1.165, 1.54) is 0 Å². The molecule has 0 saturated carbocycles. The Balaban J connectivity index is 2.79. The number of rotatable bonds is 3. The molecule has 3 N–H and O–H groups in total. The van der Waals surface area contributed by atoms with Crippen molar-refractivity contribution in [2.75, 3.05) is 19.0 Å². The summed E-state index contributed by atoms with van der Waals surface area (Å²) in [5, 5.41) is 6.87. The molecule has 0 spiro atoms. The van der Waals surface area contributed by atoms with Gasteiger partial charge in [-0.25, -0.2) is 0 Å². The van der Waals surface area contributed by atoms with Crippen LogP contribution in [0.4, 0.5) is 5.95 Å². The first-order chi connectivity index (χ1) is 6.02. The van der Waals surface area contributed by atoms with Crippen LogP contribution in [0.5, 0.6) is 0 Å². The van der Waals surface area contributed by atoms with E-state index in [2.05, 4.69) is 29.0 Å². The quantitative estimate of drug-likeness (QED) is 0.717. The Morgan fingerprint density at radius 2 is 2.00 bits per heavy atom. The zero-order valence-corrected chi connectivity index (χ0v) is 8.57. The average Bonchev–Trinajstić information content (AvgIpc) is 2.50. The van der Waals surface area contributed by atoms with Gasteiger partial charge in [-0.05, 0) is 5.92 Å². The molecule has 1 heterocycles. The van der Waals surface area contributed by atoms with Gasteiger partial charge in [-0.3, -0.25) is 5.10 Å². The second kappa shape index (κ2) is 3.74. The van der Waals surface area contributed by atoms with Crippen molar-refractivity contribution in [2.45, 2.75) is 19.9 Å². The van der Waals surface area contributed by atoms with Crippen LogP contribution >= 0.6 is 0 Å². The summed E-state index contributed by atoms with van der Waals surface area (Å²) in [5.74, 6) is 1.78. The van der Waals surface area contributed by atoms with Crippen LogP contribution in [0.3, 0.4) is 0 Å². The molecule has 1 rings (SSSR count). The number of anilines is 1. The van der Waals surface area contributed by atoms with E-state index in [1.807, 2.05) is 19.0 Å². The van der Waals surface area contributed by atoms with Gasteiger partial charge in [0.2, 0.25) is 5.95 Å². The van der Waals surface area contributed by atoms with Crippen LogP contribution in [0.1, 0.15) is 25.7 Å². The summed E-state index contributed by atoms with van der Waals surface area (Å²) in [4.78, 5) is 6.11. The van der Waals surface area contributed by atoms with Crippen LogP contribution in [0.15, 0.2) is 0 Å². The van der Waals surface area contributed by atoms with E-state index in [4.69, 9.17) is 5.73 Å². The Hall–Kier alpha value is -1.10. The molecule has 5 nitrogen and oxygen atoms in total. The zero-order valence-electron chi connectivity index (χ0n) is 8.57. The largest absolute Gasteiger partial charge is 0.346 e. The summed E-state index contributed by atoms with van der Waals surface area (Å²) in [6.45, 7) is 4.12. The zero-order chi connectivity index (χ0) is 10.0. The van der Waals surface area contributed by atoms with Crippen molar-refractivity contribution in [3.8, 4) is 0 Å². The van der Waals surface area contributed by atoms with E-state index >= 15 is 0 Å². The van der Waals surface area contributed by atoms with Gasteiger partial charge in [0.15, 0.2) is 0 Å². The standard InChI is InChI=1S/C8H17N5/c1-5(2)6(9)7-10-8(12-11-7)13(3)4/h5-6H,9H2,1-4H3,(H,10,11,12)/t6-/m0/s1. The lowest BCUT2D eigenvalue weighted by atomic mass is 10.1. The molecule has 0 radical (unpaired) electrons. The van der Waals surface area contributed by atoms with E-state index in [0.29, 0.717) is 11.9 Å². The van der Waals surface area contributed by atoms with Crippen LogP contribution in [0.25, 0.3) is 0 Å². The summed E-state index contributed by atoms with van der Waals surface area (Å²) in [5.41, 5.74) is 5.90. The topological polar surface area (TPSA) is 70.8 Å². The van der Waals surface area contributed by atoms with Crippen LogP contribution in [-0.4, -0.2) is 29.3 Å². The van der Waals surface area contributed by atoms with Gasteiger partial charge in [0.05, 0.1) is 6.04 Å². The molecule has 13 heavy (non-hydrogen) atoms. The fraction of sp³-hybridized carbons (Fsp3) is 0.750. The maximum absolute atomic E-state index is 5.90. The lowest BCUT2D eigenvalue weighted by Gasteiger charge is -2.11. The molecule has 1 atom stereocenters. The van der Waals surface area contributed by atoms with Crippen LogP contribution < -0.4 is 10.6 Å². The van der Waals surface area contributed by atoms with Crippen molar-refractivity contribution in [1.29, 1.82) is 0 Å². The molecular weight excluding hydrogens is 166 g/mol. The SMILES string of the molecule is CC(C)[C@H](N)c1nc(N(C)C)n[nH]1. The first-order valence-electron chi connectivity index (χ1n) is 4.37. The highest BCUT2D eigenvalue weighted by atomic mass is 15.3. The monoisotopic (exact) mass is 183 g/mol. The maximum Gasteiger partial charge on any atom is 0.244 e. The van der Waals surface area contributed by atoms with E-state index in [0.717, 1.165) is 5.82 Å². The Morgan fingerprint density at radius 3 is 2.38 bits per heavy atom. The summed E-state index contributed by atoms with van der Waals surface area (Å²) in [6.07, 6.45) is 0. The molecule has 1 aromatic heterocycles. The number of nitrogens with one attached hydrogen (secondary N) is 1. The molecule has 0 aliphatic rings. The van der Waals surface area contributed by atoms with Gasteiger partial charge in [-0.15, -0.1) is 5.10 Å².